The van der Waals surface area contributed by atoms with Crippen molar-refractivity contribution in [1.29, 1.82) is 0 Å². The highest BCUT2D eigenvalue weighted by Crippen LogP contribution is 2.36. The van der Waals surface area contributed by atoms with Crippen LogP contribution < -0.4 is 5.73 Å². The maximum atomic E-state index is 13.9. The van der Waals surface area contributed by atoms with Crippen LogP contribution in [0.15, 0.2) is 18.2 Å². The number of rotatable bonds is 2. The van der Waals surface area contributed by atoms with Gasteiger partial charge in [0.25, 0.3) is 0 Å². The van der Waals surface area contributed by atoms with Gasteiger partial charge in [0.1, 0.15) is 11.6 Å². The van der Waals surface area contributed by atoms with Gasteiger partial charge >= 0.3 is 0 Å². The molecule has 2 N–H and O–H groups in total. The number of benzene rings is 1. The highest BCUT2D eigenvalue weighted by molar-refractivity contribution is 7.98. The smallest absolute Gasteiger partial charge is 0.131 e. The second kappa shape index (κ2) is 5.47. The van der Waals surface area contributed by atoms with E-state index in [1.165, 1.54) is 16.5 Å². The molecule has 20 heavy (non-hydrogen) atoms. The van der Waals surface area contributed by atoms with E-state index in [0.717, 1.165) is 28.9 Å². The van der Waals surface area contributed by atoms with E-state index in [1.807, 2.05) is 11.8 Å². The molecule has 0 amide bonds. The molecule has 1 aromatic heterocycles. The van der Waals surface area contributed by atoms with Crippen LogP contribution >= 0.6 is 23.1 Å². The Morgan fingerprint density at radius 1 is 1.20 bits per heavy atom. The Morgan fingerprint density at radius 2 is 2.00 bits per heavy atom. The molecule has 0 spiro atoms. The second-order valence-electron chi connectivity index (χ2n) is 5.00. The number of thiophene rings is 1. The standard InChI is InChI=1S/C15H15F2NS2/c1-8-4-10(12(17)6-11(8)16)15(18)14-5-9-7-19-3-2-13(9)20-14/h4-6,15H,2-3,7,18H2,1H3. The summed E-state index contributed by atoms with van der Waals surface area (Å²) in [7, 11) is 0. The Balaban J connectivity index is 1.98. The number of hydrogen-bond acceptors (Lipinski definition) is 3. The summed E-state index contributed by atoms with van der Waals surface area (Å²) in [6, 6.07) is 4.00. The van der Waals surface area contributed by atoms with Gasteiger partial charge in [-0.1, -0.05) is 0 Å². The molecule has 5 heteroatoms. The molecule has 106 valence electrons. The Bertz CT molecular complexity index is 628. The lowest BCUT2D eigenvalue weighted by Crippen LogP contribution is -2.13. The average Bonchev–Trinajstić information content (AvgIpc) is 2.86. The predicted molar refractivity (Wildman–Crippen MR) is 81.3 cm³/mol. The van der Waals surface area contributed by atoms with E-state index >= 15 is 0 Å². The first kappa shape index (κ1) is 14.0. The Kier molecular flexibility index (Phi) is 3.84. The lowest BCUT2D eigenvalue weighted by atomic mass is 10.0. The molecule has 1 atom stereocenters. The van der Waals surface area contributed by atoms with Crippen LogP contribution in [0.5, 0.6) is 0 Å². The summed E-state index contributed by atoms with van der Waals surface area (Å²) in [4.78, 5) is 2.32. The van der Waals surface area contributed by atoms with Gasteiger partial charge in [-0.15, -0.1) is 11.3 Å². The van der Waals surface area contributed by atoms with E-state index in [4.69, 9.17) is 5.73 Å². The van der Waals surface area contributed by atoms with Crippen molar-refractivity contribution in [2.75, 3.05) is 5.75 Å². The minimum absolute atomic E-state index is 0.371. The van der Waals surface area contributed by atoms with E-state index in [2.05, 4.69) is 6.07 Å². The van der Waals surface area contributed by atoms with Gasteiger partial charge in [-0.25, -0.2) is 8.78 Å². The summed E-state index contributed by atoms with van der Waals surface area (Å²) >= 11 is 3.57. The number of fused-ring (bicyclic) bond motifs is 1. The molecule has 1 nitrogen and oxygen atoms in total. The van der Waals surface area contributed by atoms with Crippen LogP contribution in [0.2, 0.25) is 0 Å². The van der Waals surface area contributed by atoms with Gasteiger partial charge in [-0.3, -0.25) is 0 Å². The summed E-state index contributed by atoms with van der Waals surface area (Å²) in [6.07, 6.45) is 1.06. The van der Waals surface area contributed by atoms with Crippen molar-refractivity contribution in [3.63, 3.8) is 0 Å². The van der Waals surface area contributed by atoms with Gasteiger partial charge < -0.3 is 5.73 Å². The summed E-state index contributed by atoms with van der Waals surface area (Å²) < 4.78 is 27.3. The molecule has 0 radical (unpaired) electrons. The molecule has 0 fully saturated rings. The Hall–Kier alpha value is -0.910. The van der Waals surface area contributed by atoms with Gasteiger partial charge in [0, 0.05) is 27.1 Å². The van der Waals surface area contributed by atoms with Crippen molar-refractivity contribution in [2.45, 2.75) is 25.1 Å². The van der Waals surface area contributed by atoms with Crippen LogP contribution in [-0.2, 0) is 12.2 Å². The minimum Gasteiger partial charge on any atom is -0.320 e. The molecule has 0 saturated heterocycles. The molecule has 1 aliphatic heterocycles. The minimum atomic E-state index is -0.568. The third-order valence-corrected chi connectivity index (χ3v) is 5.89. The highest BCUT2D eigenvalue weighted by Gasteiger charge is 2.21. The van der Waals surface area contributed by atoms with Gasteiger partial charge in [0.15, 0.2) is 0 Å². The predicted octanol–water partition coefficient (Wildman–Crippen LogP) is 4.17. The van der Waals surface area contributed by atoms with Gasteiger partial charge in [-0.05, 0) is 42.4 Å². The summed E-state index contributed by atoms with van der Waals surface area (Å²) in [5.41, 5.74) is 8.30. The van der Waals surface area contributed by atoms with Crippen LogP contribution in [-0.4, -0.2) is 5.75 Å². The van der Waals surface area contributed by atoms with Crippen molar-refractivity contribution in [1.82, 2.24) is 0 Å². The van der Waals surface area contributed by atoms with Crippen LogP contribution in [0.4, 0.5) is 8.78 Å². The largest absolute Gasteiger partial charge is 0.320 e. The topological polar surface area (TPSA) is 26.0 Å². The zero-order chi connectivity index (χ0) is 14.3. The third kappa shape index (κ3) is 2.50. The zero-order valence-corrected chi connectivity index (χ0v) is 12.7. The zero-order valence-electron chi connectivity index (χ0n) is 11.1. The molecule has 0 bridgehead atoms. The first-order valence-electron chi connectivity index (χ1n) is 6.46. The van der Waals surface area contributed by atoms with E-state index in [9.17, 15) is 8.78 Å². The second-order valence-corrected chi connectivity index (χ2v) is 7.27. The quantitative estimate of drug-likeness (QED) is 0.900. The molecule has 0 aliphatic carbocycles. The number of thioether (sulfide) groups is 1. The molecule has 0 saturated carbocycles. The molecule has 1 unspecified atom stereocenters. The monoisotopic (exact) mass is 311 g/mol. The molecule has 2 heterocycles. The lowest BCUT2D eigenvalue weighted by Gasteiger charge is -2.12. The van der Waals surface area contributed by atoms with Gasteiger partial charge in [0.05, 0.1) is 6.04 Å². The number of nitrogens with two attached hydrogens (primary N) is 1. The number of hydrogen-bond donors (Lipinski definition) is 1. The van der Waals surface area contributed by atoms with E-state index in [-0.39, 0.29) is 0 Å². The fraction of sp³-hybridized carbons (Fsp3) is 0.333. The lowest BCUT2D eigenvalue weighted by molar-refractivity contribution is 0.561. The summed E-state index contributed by atoms with van der Waals surface area (Å²) in [6.45, 7) is 1.63. The van der Waals surface area contributed by atoms with Gasteiger partial charge in [-0.2, -0.15) is 11.8 Å². The van der Waals surface area contributed by atoms with Crippen LogP contribution in [0.1, 0.15) is 32.5 Å². The molecule has 2 aromatic rings. The summed E-state index contributed by atoms with van der Waals surface area (Å²) in [5.74, 6) is 1.04. The van der Waals surface area contributed by atoms with Crippen molar-refractivity contribution in [3.8, 4) is 0 Å². The first-order chi connectivity index (χ1) is 9.56. The number of halogens is 2. The van der Waals surface area contributed by atoms with E-state index in [1.54, 1.807) is 18.3 Å². The van der Waals surface area contributed by atoms with Crippen molar-refractivity contribution < 1.29 is 8.78 Å². The third-order valence-electron chi connectivity index (χ3n) is 3.57. The molecular weight excluding hydrogens is 296 g/mol. The molecule has 3 rings (SSSR count). The van der Waals surface area contributed by atoms with Crippen molar-refractivity contribution >= 4 is 23.1 Å². The van der Waals surface area contributed by atoms with Gasteiger partial charge in [0.2, 0.25) is 0 Å². The van der Waals surface area contributed by atoms with Crippen LogP contribution in [0.3, 0.4) is 0 Å². The maximum Gasteiger partial charge on any atom is 0.131 e. The SMILES string of the molecule is Cc1cc(C(N)c2cc3c(s2)CCSC3)c(F)cc1F. The molecule has 1 aliphatic rings. The van der Waals surface area contributed by atoms with Crippen molar-refractivity contribution in [3.05, 3.63) is 56.3 Å². The highest BCUT2D eigenvalue weighted by atomic mass is 32.2. The van der Waals surface area contributed by atoms with E-state index < -0.39 is 17.7 Å². The van der Waals surface area contributed by atoms with Crippen molar-refractivity contribution in [2.24, 2.45) is 5.73 Å². The van der Waals surface area contributed by atoms with E-state index in [0.29, 0.717) is 11.1 Å². The summed E-state index contributed by atoms with van der Waals surface area (Å²) in [5, 5.41) is 0. The fourth-order valence-electron chi connectivity index (χ4n) is 2.39. The first-order valence-corrected chi connectivity index (χ1v) is 8.43. The number of aryl methyl sites for hydroxylation is 2. The Morgan fingerprint density at radius 3 is 2.75 bits per heavy atom. The normalized spacial score (nSPS) is 16.0. The molecular formula is C15H15F2NS2. The average molecular weight is 311 g/mol. The maximum absolute atomic E-state index is 13.9. The fourth-order valence-corrected chi connectivity index (χ4v) is 4.79. The van der Waals surface area contributed by atoms with Crippen LogP contribution in [0.25, 0.3) is 0 Å². The molecule has 1 aromatic carbocycles. The Labute approximate surface area is 125 Å². The van der Waals surface area contributed by atoms with Crippen LogP contribution in [0, 0.1) is 18.6 Å².